The van der Waals surface area contributed by atoms with Crippen molar-refractivity contribution in [2.75, 3.05) is 0 Å². The fourth-order valence-electron chi connectivity index (χ4n) is 1.55. The van der Waals surface area contributed by atoms with Crippen LogP contribution in [0.25, 0.3) is 0 Å². The van der Waals surface area contributed by atoms with Crippen molar-refractivity contribution in [3.63, 3.8) is 0 Å². The summed E-state index contributed by atoms with van der Waals surface area (Å²) in [7, 11) is 0. The number of hydrogen-bond acceptors (Lipinski definition) is 2. The molecule has 1 aromatic carbocycles. The lowest BCUT2D eigenvalue weighted by molar-refractivity contribution is 0.0972. The molecule has 0 bridgehead atoms. The molecule has 0 aliphatic heterocycles. The van der Waals surface area contributed by atoms with E-state index in [2.05, 4.69) is 4.98 Å². The molecule has 0 atom stereocenters. The summed E-state index contributed by atoms with van der Waals surface area (Å²) in [5, 5.41) is 0. The number of carbonyl (C=O) groups is 1. The molecule has 3 nitrogen and oxygen atoms in total. The smallest absolute Gasteiger partial charge is 0.182 e. The van der Waals surface area contributed by atoms with Crippen LogP contribution in [0.15, 0.2) is 36.8 Å². The molecule has 2 rings (SSSR count). The van der Waals surface area contributed by atoms with Crippen LogP contribution in [0.3, 0.4) is 0 Å². The highest BCUT2D eigenvalue weighted by atomic mass is 16.1. The summed E-state index contributed by atoms with van der Waals surface area (Å²) in [6.45, 7) is 4.27. The molecule has 0 saturated heterocycles. The zero-order valence-electron chi connectivity index (χ0n) is 9.47. The minimum Gasteiger partial charge on any atom is -0.329 e. The largest absolute Gasteiger partial charge is 0.329 e. The van der Waals surface area contributed by atoms with Crippen molar-refractivity contribution in [3.8, 4) is 0 Å². The number of benzene rings is 1. The second-order valence-electron chi connectivity index (χ2n) is 3.98. The van der Waals surface area contributed by atoms with Gasteiger partial charge in [0.05, 0.1) is 18.6 Å². The third kappa shape index (κ3) is 2.37. The van der Waals surface area contributed by atoms with Crippen LogP contribution in [0.4, 0.5) is 0 Å². The lowest BCUT2D eigenvalue weighted by Crippen LogP contribution is -2.08. The van der Waals surface area contributed by atoms with E-state index >= 15 is 0 Å². The summed E-state index contributed by atoms with van der Waals surface area (Å²) in [5.74, 6) is 0.109. The van der Waals surface area contributed by atoms with Gasteiger partial charge in [0.1, 0.15) is 0 Å². The Balaban J connectivity index is 2.11. The number of hydrogen-bond donors (Lipinski definition) is 0. The third-order valence-corrected chi connectivity index (χ3v) is 2.46. The molecule has 0 amide bonds. The number of carbonyl (C=O) groups excluding carboxylic acids is 1. The van der Waals surface area contributed by atoms with Crippen LogP contribution >= 0.6 is 0 Å². The fraction of sp³-hybridized carbons (Fsp3) is 0.231. The Kier molecular flexibility index (Phi) is 2.86. The predicted molar refractivity (Wildman–Crippen MR) is 62.5 cm³/mol. The summed E-state index contributed by atoms with van der Waals surface area (Å²) in [6.07, 6.45) is 3.55. The van der Waals surface area contributed by atoms with E-state index in [0.717, 1.165) is 16.8 Å². The number of imidazole rings is 1. The van der Waals surface area contributed by atoms with E-state index in [1.54, 1.807) is 10.9 Å². The van der Waals surface area contributed by atoms with Gasteiger partial charge in [0, 0.05) is 11.8 Å². The molecule has 0 aliphatic carbocycles. The molecule has 0 aliphatic rings. The first-order chi connectivity index (χ1) is 7.65. The predicted octanol–water partition coefficient (Wildman–Crippen LogP) is 2.38. The summed E-state index contributed by atoms with van der Waals surface area (Å²) >= 11 is 0. The van der Waals surface area contributed by atoms with E-state index in [4.69, 9.17) is 0 Å². The van der Waals surface area contributed by atoms with Gasteiger partial charge >= 0.3 is 0 Å². The molecule has 2 aromatic rings. The maximum absolute atomic E-state index is 11.9. The number of Topliss-reactive ketones (excluding diaryl/α,β-unsaturated/α-hetero) is 1. The molecule has 0 spiro atoms. The van der Waals surface area contributed by atoms with Crippen molar-refractivity contribution in [2.24, 2.45) is 0 Å². The third-order valence-electron chi connectivity index (χ3n) is 2.46. The molecule has 0 N–H and O–H groups in total. The van der Waals surface area contributed by atoms with Gasteiger partial charge in [-0.2, -0.15) is 0 Å². The minimum atomic E-state index is 0.109. The van der Waals surface area contributed by atoms with E-state index in [0.29, 0.717) is 6.54 Å². The Morgan fingerprint density at radius 3 is 2.50 bits per heavy atom. The monoisotopic (exact) mass is 214 g/mol. The van der Waals surface area contributed by atoms with Crippen LogP contribution in [0.5, 0.6) is 0 Å². The summed E-state index contributed by atoms with van der Waals surface area (Å²) in [6, 6.07) is 7.63. The zero-order valence-corrected chi connectivity index (χ0v) is 9.47. The van der Waals surface area contributed by atoms with Crippen molar-refractivity contribution in [3.05, 3.63) is 53.6 Å². The van der Waals surface area contributed by atoms with E-state index < -0.39 is 0 Å². The van der Waals surface area contributed by atoms with Gasteiger partial charge in [-0.15, -0.1) is 0 Å². The first kappa shape index (κ1) is 10.6. The summed E-state index contributed by atoms with van der Waals surface area (Å²) in [5.41, 5.74) is 2.84. The second-order valence-corrected chi connectivity index (χ2v) is 3.98. The van der Waals surface area contributed by atoms with Crippen molar-refractivity contribution in [2.45, 2.75) is 20.4 Å². The molecule has 1 aromatic heterocycles. The van der Waals surface area contributed by atoms with Crippen LogP contribution in [0.2, 0.25) is 0 Å². The number of nitrogens with zero attached hydrogens (tertiary/aromatic N) is 2. The molecule has 3 heteroatoms. The van der Waals surface area contributed by atoms with Gasteiger partial charge in [-0.3, -0.25) is 4.79 Å². The van der Waals surface area contributed by atoms with Gasteiger partial charge in [0.25, 0.3) is 0 Å². The van der Waals surface area contributed by atoms with E-state index in [9.17, 15) is 4.79 Å². The van der Waals surface area contributed by atoms with Crippen LogP contribution in [-0.4, -0.2) is 15.3 Å². The average molecular weight is 214 g/mol. The van der Waals surface area contributed by atoms with Gasteiger partial charge in [-0.25, -0.2) is 4.98 Å². The first-order valence-electron chi connectivity index (χ1n) is 5.23. The van der Waals surface area contributed by atoms with Gasteiger partial charge in [0.15, 0.2) is 5.78 Å². The standard InChI is InChI=1S/C13H14N2O/c1-10-3-5-12(6-4-10)13(16)8-15-7-11(2)14-9-15/h3-7,9H,8H2,1-2H3. The van der Waals surface area contributed by atoms with E-state index in [-0.39, 0.29) is 5.78 Å². The van der Waals surface area contributed by atoms with Crippen molar-refractivity contribution >= 4 is 5.78 Å². The van der Waals surface area contributed by atoms with E-state index in [1.807, 2.05) is 44.3 Å². The minimum absolute atomic E-state index is 0.109. The Bertz CT molecular complexity index is 497. The van der Waals surface area contributed by atoms with Crippen LogP contribution in [0.1, 0.15) is 21.6 Å². The number of rotatable bonds is 3. The highest BCUT2D eigenvalue weighted by Gasteiger charge is 2.06. The maximum Gasteiger partial charge on any atom is 0.182 e. The molecular weight excluding hydrogens is 200 g/mol. The zero-order chi connectivity index (χ0) is 11.5. The first-order valence-corrected chi connectivity index (χ1v) is 5.23. The number of ketones is 1. The van der Waals surface area contributed by atoms with Gasteiger partial charge in [-0.1, -0.05) is 29.8 Å². The quantitative estimate of drug-likeness (QED) is 0.735. The van der Waals surface area contributed by atoms with Crippen LogP contribution in [-0.2, 0) is 6.54 Å². The number of aryl methyl sites for hydroxylation is 2. The highest BCUT2D eigenvalue weighted by molar-refractivity contribution is 5.95. The lowest BCUT2D eigenvalue weighted by atomic mass is 10.1. The average Bonchev–Trinajstić information content (AvgIpc) is 2.65. The van der Waals surface area contributed by atoms with Gasteiger partial charge < -0.3 is 4.57 Å². The lowest BCUT2D eigenvalue weighted by Gasteiger charge is -2.02. The second kappa shape index (κ2) is 4.31. The Labute approximate surface area is 94.7 Å². The molecule has 0 unspecified atom stereocenters. The Hall–Kier alpha value is -1.90. The molecule has 16 heavy (non-hydrogen) atoms. The Morgan fingerprint density at radius 2 is 1.94 bits per heavy atom. The van der Waals surface area contributed by atoms with Crippen molar-refractivity contribution in [1.29, 1.82) is 0 Å². The molecular formula is C13H14N2O. The normalized spacial score (nSPS) is 10.4. The molecule has 0 fully saturated rings. The molecule has 0 radical (unpaired) electrons. The maximum atomic E-state index is 11.9. The number of aromatic nitrogens is 2. The van der Waals surface area contributed by atoms with E-state index in [1.165, 1.54) is 0 Å². The van der Waals surface area contributed by atoms with Crippen LogP contribution < -0.4 is 0 Å². The van der Waals surface area contributed by atoms with Gasteiger partial charge in [-0.05, 0) is 13.8 Å². The summed E-state index contributed by atoms with van der Waals surface area (Å²) in [4.78, 5) is 16.0. The Morgan fingerprint density at radius 1 is 1.25 bits per heavy atom. The molecule has 82 valence electrons. The highest BCUT2D eigenvalue weighted by Crippen LogP contribution is 2.06. The van der Waals surface area contributed by atoms with Gasteiger partial charge in [0.2, 0.25) is 0 Å². The van der Waals surface area contributed by atoms with Crippen molar-refractivity contribution < 1.29 is 4.79 Å². The molecule has 0 saturated carbocycles. The van der Waals surface area contributed by atoms with Crippen LogP contribution in [0, 0.1) is 13.8 Å². The summed E-state index contributed by atoms with van der Waals surface area (Å²) < 4.78 is 1.80. The SMILES string of the molecule is Cc1ccc(C(=O)Cn2cnc(C)c2)cc1. The topological polar surface area (TPSA) is 34.9 Å². The van der Waals surface area contributed by atoms with Crippen molar-refractivity contribution in [1.82, 2.24) is 9.55 Å². The fourth-order valence-corrected chi connectivity index (χ4v) is 1.55. The molecule has 1 heterocycles.